The van der Waals surface area contributed by atoms with Gasteiger partial charge in [-0.15, -0.1) is 0 Å². The molecule has 0 unspecified atom stereocenters. The van der Waals surface area contributed by atoms with Crippen LogP contribution in [0.15, 0.2) is 24.3 Å². The Bertz CT molecular complexity index is 264. The number of rotatable bonds is 5. The second-order valence-electron chi connectivity index (χ2n) is 7.17. The van der Waals surface area contributed by atoms with E-state index in [-0.39, 0.29) is 0 Å². The van der Waals surface area contributed by atoms with Gasteiger partial charge in [0, 0.05) is 0 Å². The first-order chi connectivity index (χ1) is 9.83. The minimum atomic E-state index is 0.994. The van der Waals surface area contributed by atoms with Gasteiger partial charge in [0.25, 0.3) is 0 Å². The van der Waals surface area contributed by atoms with Crippen LogP contribution in [0.5, 0.6) is 0 Å². The minimum Gasteiger partial charge on any atom is -0.0917 e. The van der Waals surface area contributed by atoms with Gasteiger partial charge in [0.2, 0.25) is 0 Å². The van der Waals surface area contributed by atoms with Crippen LogP contribution in [0.4, 0.5) is 0 Å². The van der Waals surface area contributed by atoms with Crippen molar-refractivity contribution >= 4 is 0 Å². The second-order valence-corrected chi connectivity index (χ2v) is 7.17. The molecule has 2 aliphatic rings. The SMILES string of the molecule is CC=CCC1CCC(C2CCC(CC=CC)CC2)CC1. The second kappa shape index (κ2) is 8.70. The van der Waals surface area contributed by atoms with Crippen LogP contribution in [0.1, 0.15) is 78.1 Å². The molecule has 0 aromatic rings. The standard InChI is InChI=1S/C20H34/c1-3-5-7-17-9-13-19(14-10-17)20-15-11-18(12-16-20)8-6-4-2/h3-6,17-20H,7-16H2,1-2H3. The molecule has 0 bridgehead atoms. The van der Waals surface area contributed by atoms with Gasteiger partial charge in [-0.05, 0) is 102 Å². The Morgan fingerprint density at radius 1 is 0.600 bits per heavy atom. The summed E-state index contributed by atoms with van der Waals surface area (Å²) in [4.78, 5) is 0. The first-order valence-electron chi connectivity index (χ1n) is 9.05. The van der Waals surface area contributed by atoms with Crippen LogP contribution in [-0.2, 0) is 0 Å². The van der Waals surface area contributed by atoms with E-state index in [2.05, 4.69) is 38.2 Å². The number of hydrogen-bond acceptors (Lipinski definition) is 0. The minimum absolute atomic E-state index is 0.994. The maximum absolute atomic E-state index is 2.37. The summed E-state index contributed by atoms with van der Waals surface area (Å²) in [5.41, 5.74) is 0. The van der Waals surface area contributed by atoms with Gasteiger partial charge in [-0.25, -0.2) is 0 Å². The van der Waals surface area contributed by atoms with Crippen LogP contribution in [0.3, 0.4) is 0 Å². The molecule has 114 valence electrons. The molecule has 2 saturated carbocycles. The van der Waals surface area contributed by atoms with Crippen molar-refractivity contribution in [1.82, 2.24) is 0 Å². The predicted molar refractivity (Wildman–Crippen MR) is 89.8 cm³/mol. The fourth-order valence-corrected chi connectivity index (χ4v) is 4.45. The largest absolute Gasteiger partial charge is 0.0917 e. The Morgan fingerprint density at radius 3 is 1.25 bits per heavy atom. The third-order valence-corrected chi connectivity index (χ3v) is 5.86. The summed E-state index contributed by atoms with van der Waals surface area (Å²) in [6, 6.07) is 0. The molecule has 0 aromatic heterocycles. The van der Waals surface area contributed by atoms with Crippen LogP contribution in [-0.4, -0.2) is 0 Å². The lowest BCUT2D eigenvalue weighted by Gasteiger charge is -2.37. The lowest BCUT2D eigenvalue weighted by molar-refractivity contribution is 0.147. The molecular weight excluding hydrogens is 240 g/mol. The van der Waals surface area contributed by atoms with Crippen LogP contribution in [0.25, 0.3) is 0 Å². The molecule has 0 aromatic carbocycles. The molecule has 0 heteroatoms. The van der Waals surface area contributed by atoms with Gasteiger partial charge in [-0.1, -0.05) is 24.3 Å². The van der Waals surface area contributed by atoms with Gasteiger partial charge in [0.1, 0.15) is 0 Å². The Morgan fingerprint density at radius 2 is 0.950 bits per heavy atom. The normalized spacial score (nSPS) is 35.9. The van der Waals surface area contributed by atoms with Crippen molar-refractivity contribution in [3.05, 3.63) is 24.3 Å². The van der Waals surface area contributed by atoms with E-state index in [1.807, 2.05) is 0 Å². The molecule has 0 N–H and O–H groups in total. The third kappa shape index (κ3) is 4.79. The maximum Gasteiger partial charge on any atom is -0.0322 e. The van der Waals surface area contributed by atoms with E-state index in [9.17, 15) is 0 Å². The number of hydrogen-bond donors (Lipinski definition) is 0. The van der Waals surface area contributed by atoms with Crippen molar-refractivity contribution in [2.45, 2.75) is 78.1 Å². The summed E-state index contributed by atoms with van der Waals surface area (Å²) in [7, 11) is 0. The van der Waals surface area contributed by atoms with Crippen LogP contribution in [0.2, 0.25) is 0 Å². The third-order valence-electron chi connectivity index (χ3n) is 5.86. The highest BCUT2D eigenvalue weighted by molar-refractivity contribution is 4.88. The van der Waals surface area contributed by atoms with Gasteiger partial charge in [-0.3, -0.25) is 0 Å². The Balaban J connectivity index is 1.67. The summed E-state index contributed by atoms with van der Waals surface area (Å²) in [6.45, 7) is 4.30. The van der Waals surface area contributed by atoms with Crippen LogP contribution < -0.4 is 0 Å². The molecule has 2 aliphatic carbocycles. The van der Waals surface area contributed by atoms with Crippen LogP contribution >= 0.6 is 0 Å². The van der Waals surface area contributed by atoms with E-state index in [1.54, 1.807) is 0 Å². The zero-order valence-corrected chi connectivity index (χ0v) is 13.7. The van der Waals surface area contributed by atoms with Crippen molar-refractivity contribution in [3.8, 4) is 0 Å². The zero-order valence-electron chi connectivity index (χ0n) is 13.7. The topological polar surface area (TPSA) is 0 Å². The van der Waals surface area contributed by atoms with Crippen molar-refractivity contribution in [2.75, 3.05) is 0 Å². The molecule has 0 saturated heterocycles. The van der Waals surface area contributed by atoms with E-state index in [0.29, 0.717) is 0 Å². The average molecular weight is 274 g/mol. The molecule has 0 heterocycles. The highest BCUT2D eigenvalue weighted by atomic mass is 14.4. The molecule has 0 atom stereocenters. The van der Waals surface area contributed by atoms with Gasteiger partial charge in [0.15, 0.2) is 0 Å². The first kappa shape index (κ1) is 15.9. The quantitative estimate of drug-likeness (QED) is 0.500. The lowest BCUT2D eigenvalue weighted by atomic mass is 9.68. The van der Waals surface area contributed by atoms with E-state index in [4.69, 9.17) is 0 Å². The molecule has 0 nitrogen and oxygen atoms in total. The Labute approximate surface area is 126 Å². The van der Waals surface area contributed by atoms with Crippen molar-refractivity contribution < 1.29 is 0 Å². The summed E-state index contributed by atoms with van der Waals surface area (Å²) < 4.78 is 0. The summed E-state index contributed by atoms with van der Waals surface area (Å²) in [6.07, 6.45) is 23.9. The predicted octanol–water partition coefficient (Wildman–Crippen LogP) is 6.53. The fourth-order valence-electron chi connectivity index (χ4n) is 4.45. The molecule has 2 rings (SSSR count). The molecule has 2 fully saturated rings. The van der Waals surface area contributed by atoms with Gasteiger partial charge < -0.3 is 0 Å². The lowest BCUT2D eigenvalue weighted by Crippen LogP contribution is -2.25. The highest BCUT2D eigenvalue weighted by Gasteiger charge is 2.30. The van der Waals surface area contributed by atoms with Gasteiger partial charge >= 0.3 is 0 Å². The highest BCUT2D eigenvalue weighted by Crippen LogP contribution is 2.42. The smallest absolute Gasteiger partial charge is 0.0322 e. The van der Waals surface area contributed by atoms with E-state index >= 15 is 0 Å². The molecule has 0 radical (unpaired) electrons. The van der Waals surface area contributed by atoms with Gasteiger partial charge in [-0.2, -0.15) is 0 Å². The maximum atomic E-state index is 2.37. The molecule has 20 heavy (non-hydrogen) atoms. The summed E-state index contributed by atoms with van der Waals surface area (Å²) in [5, 5.41) is 0. The van der Waals surface area contributed by atoms with E-state index in [1.165, 1.54) is 64.2 Å². The summed E-state index contributed by atoms with van der Waals surface area (Å²) >= 11 is 0. The van der Waals surface area contributed by atoms with Crippen LogP contribution in [0, 0.1) is 23.7 Å². The van der Waals surface area contributed by atoms with Crippen molar-refractivity contribution in [2.24, 2.45) is 23.7 Å². The Kier molecular flexibility index (Phi) is 6.90. The molecular formula is C20H34. The first-order valence-corrected chi connectivity index (χ1v) is 9.05. The van der Waals surface area contributed by atoms with Crippen molar-refractivity contribution in [3.63, 3.8) is 0 Å². The monoisotopic (exact) mass is 274 g/mol. The molecule has 0 spiro atoms. The number of allylic oxidation sites excluding steroid dienone is 4. The Hall–Kier alpha value is -0.520. The van der Waals surface area contributed by atoms with Crippen molar-refractivity contribution in [1.29, 1.82) is 0 Å². The summed E-state index contributed by atoms with van der Waals surface area (Å²) in [5.74, 6) is 4.13. The zero-order chi connectivity index (χ0) is 14.2. The average Bonchev–Trinajstić information content (AvgIpc) is 2.52. The molecule has 0 amide bonds. The fraction of sp³-hybridized carbons (Fsp3) is 0.800. The van der Waals surface area contributed by atoms with E-state index < -0.39 is 0 Å². The molecule has 0 aliphatic heterocycles. The van der Waals surface area contributed by atoms with E-state index in [0.717, 1.165) is 23.7 Å². The van der Waals surface area contributed by atoms with Gasteiger partial charge in [0.05, 0.1) is 0 Å².